The Hall–Kier alpha value is -3.51. The Morgan fingerprint density at radius 3 is 1.28 bits per heavy atom. The van der Waals surface area contributed by atoms with Gasteiger partial charge in [0.25, 0.3) is 0 Å². The Morgan fingerprint density at radius 1 is 0.500 bits per heavy atom. The highest BCUT2D eigenvalue weighted by Gasteiger charge is 2.39. The predicted octanol–water partition coefficient (Wildman–Crippen LogP) is 15.7. The molecule has 0 heterocycles. The molecule has 0 aliphatic rings. The van der Waals surface area contributed by atoms with Crippen LogP contribution in [0.4, 0.5) is 0 Å². The highest BCUT2D eigenvalue weighted by Crippen LogP contribution is 2.40. The molecular formula is C59H91NO4. The maximum Gasteiger partial charge on any atom is 0.249 e. The molecule has 0 saturated carbocycles. The molecule has 3 aromatic carbocycles. The SMILES string of the molecule is CCCCCCCCC/C=C/CC/C=C/[C@@H](O)[C@H](COC(c1ccccc1)(c1ccccc1)c1ccccc1)NC(=O)[C@H](O)CCCCCCCCCCCCCCCCCCCC. The number of rotatable bonds is 40. The number of aliphatic hydroxyl groups is 2. The van der Waals surface area contributed by atoms with Crippen molar-refractivity contribution in [1.29, 1.82) is 0 Å². The van der Waals surface area contributed by atoms with Gasteiger partial charge in [-0.25, -0.2) is 0 Å². The average molecular weight is 878 g/mol. The van der Waals surface area contributed by atoms with Crippen LogP contribution in [0.5, 0.6) is 0 Å². The van der Waals surface area contributed by atoms with E-state index in [1.165, 1.54) is 141 Å². The predicted molar refractivity (Wildman–Crippen MR) is 273 cm³/mol. The van der Waals surface area contributed by atoms with Crippen molar-refractivity contribution in [3.63, 3.8) is 0 Å². The molecule has 5 heteroatoms. The zero-order valence-electron chi connectivity index (χ0n) is 40.6. The highest BCUT2D eigenvalue weighted by atomic mass is 16.5. The zero-order valence-corrected chi connectivity index (χ0v) is 40.6. The van der Waals surface area contributed by atoms with Crippen LogP contribution in [0.25, 0.3) is 0 Å². The molecule has 0 spiro atoms. The monoisotopic (exact) mass is 878 g/mol. The molecule has 3 atom stereocenters. The van der Waals surface area contributed by atoms with Gasteiger partial charge in [-0.2, -0.15) is 0 Å². The van der Waals surface area contributed by atoms with Crippen LogP contribution < -0.4 is 5.32 Å². The number of amides is 1. The first-order valence-corrected chi connectivity index (χ1v) is 26.3. The van der Waals surface area contributed by atoms with Crippen molar-refractivity contribution in [1.82, 2.24) is 5.32 Å². The van der Waals surface area contributed by atoms with Gasteiger partial charge in [-0.05, 0) is 48.8 Å². The third-order valence-corrected chi connectivity index (χ3v) is 12.9. The fraction of sp³-hybridized carbons (Fsp3) is 0.610. The number of ether oxygens (including phenoxy) is 1. The van der Waals surface area contributed by atoms with E-state index in [9.17, 15) is 15.0 Å². The molecule has 0 aromatic heterocycles. The molecule has 0 radical (unpaired) electrons. The van der Waals surface area contributed by atoms with E-state index in [0.717, 1.165) is 55.2 Å². The van der Waals surface area contributed by atoms with Gasteiger partial charge in [0.15, 0.2) is 0 Å². The first-order chi connectivity index (χ1) is 31.5. The lowest BCUT2D eigenvalue weighted by Crippen LogP contribution is -2.50. The van der Waals surface area contributed by atoms with Crippen molar-refractivity contribution >= 4 is 5.91 Å². The van der Waals surface area contributed by atoms with Crippen molar-refractivity contribution in [2.75, 3.05) is 6.61 Å². The maximum atomic E-state index is 13.6. The Kier molecular flexibility index (Phi) is 31.4. The van der Waals surface area contributed by atoms with Gasteiger partial charge in [-0.15, -0.1) is 0 Å². The Bertz CT molecular complexity index is 1480. The number of unbranched alkanes of at least 4 members (excludes halogenated alkanes) is 25. The summed E-state index contributed by atoms with van der Waals surface area (Å²) in [6.45, 7) is 4.56. The smallest absolute Gasteiger partial charge is 0.249 e. The van der Waals surface area contributed by atoms with Crippen LogP contribution >= 0.6 is 0 Å². The lowest BCUT2D eigenvalue weighted by molar-refractivity contribution is -0.132. The number of carbonyl (C=O) groups is 1. The van der Waals surface area contributed by atoms with Crippen LogP contribution in [0.2, 0.25) is 0 Å². The second-order valence-electron chi connectivity index (χ2n) is 18.4. The van der Waals surface area contributed by atoms with Crippen LogP contribution in [-0.2, 0) is 15.1 Å². The van der Waals surface area contributed by atoms with E-state index in [-0.39, 0.29) is 6.61 Å². The number of hydrogen-bond donors (Lipinski definition) is 3. The van der Waals surface area contributed by atoms with Gasteiger partial charge in [0.05, 0.1) is 18.8 Å². The number of benzene rings is 3. The fourth-order valence-electron chi connectivity index (χ4n) is 8.88. The Morgan fingerprint density at radius 2 is 0.859 bits per heavy atom. The van der Waals surface area contributed by atoms with E-state index >= 15 is 0 Å². The molecule has 64 heavy (non-hydrogen) atoms. The van der Waals surface area contributed by atoms with E-state index in [0.29, 0.717) is 6.42 Å². The van der Waals surface area contributed by atoms with Crippen LogP contribution in [0.15, 0.2) is 115 Å². The minimum absolute atomic E-state index is 0.0141. The summed E-state index contributed by atoms with van der Waals surface area (Å²) in [6.07, 6.45) is 41.9. The van der Waals surface area contributed by atoms with Gasteiger partial charge in [0.2, 0.25) is 5.91 Å². The molecule has 0 fully saturated rings. The fourth-order valence-corrected chi connectivity index (χ4v) is 8.88. The van der Waals surface area contributed by atoms with Crippen molar-refractivity contribution in [3.05, 3.63) is 132 Å². The van der Waals surface area contributed by atoms with Gasteiger partial charge in [0, 0.05) is 0 Å². The van der Waals surface area contributed by atoms with Crippen molar-refractivity contribution in [2.24, 2.45) is 0 Å². The Balaban J connectivity index is 1.53. The second-order valence-corrected chi connectivity index (χ2v) is 18.4. The first kappa shape index (κ1) is 54.8. The first-order valence-electron chi connectivity index (χ1n) is 26.3. The third-order valence-electron chi connectivity index (χ3n) is 12.9. The summed E-state index contributed by atoms with van der Waals surface area (Å²) in [7, 11) is 0. The van der Waals surface area contributed by atoms with Crippen LogP contribution in [0.1, 0.15) is 217 Å². The molecule has 3 N–H and O–H groups in total. The van der Waals surface area contributed by atoms with Crippen molar-refractivity contribution in [2.45, 2.75) is 224 Å². The molecular weight excluding hydrogens is 787 g/mol. The molecule has 0 unspecified atom stereocenters. The maximum absolute atomic E-state index is 13.6. The molecule has 356 valence electrons. The second kappa shape index (κ2) is 36.7. The van der Waals surface area contributed by atoms with Crippen molar-refractivity contribution < 1.29 is 19.7 Å². The van der Waals surface area contributed by atoms with Crippen LogP contribution in [-0.4, -0.2) is 41.0 Å². The average Bonchev–Trinajstić information content (AvgIpc) is 3.33. The van der Waals surface area contributed by atoms with Crippen LogP contribution in [0.3, 0.4) is 0 Å². The number of carbonyl (C=O) groups excluding carboxylic acids is 1. The van der Waals surface area contributed by atoms with Gasteiger partial charge in [0.1, 0.15) is 11.7 Å². The van der Waals surface area contributed by atoms with E-state index in [1.54, 1.807) is 6.08 Å². The summed E-state index contributed by atoms with van der Waals surface area (Å²) < 4.78 is 7.07. The van der Waals surface area contributed by atoms with E-state index in [1.807, 2.05) is 60.7 Å². The molecule has 3 aromatic rings. The third kappa shape index (κ3) is 23.1. The zero-order chi connectivity index (χ0) is 45.6. The normalized spacial score (nSPS) is 13.4. The number of aliphatic hydroxyl groups excluding tert-OH is 2. The number of allylic oxidation sites excluding steroid dienone is 3. The molecule has 1 amide bonds. The summed E-state index contributed by atoms with van der Waals surface area (Å²) in [6, 6.07) is 29.6. The topological polar surface area (TPSA) is 78.8 Å². The van der Waals surface area contributed by atoms with E-state index in [2.05, 4.69) is 67.7 Å². The lowest BCUT2D eigenvalue weighted by Gasteiger charge is -2.37. The highest BCUT2D eigenvalue weighted by molar-refractivity contribution is 5.80. The molecule has 3 rings (SSSR count). The number of nitrogens with one attached hydrogen (secondary N) is 1. The molecule has 5 nitrogen and oxygen atoms in total. The largest absolute Gasteiger partial charge is 0.387 e. The van der Waals surface area contributed by atoms with E-state index in [4.69, 9.17) is 4.74 Å². The molecule has 0 aliphatic carbocycles. The summed E-state index contributed by atoms with van der Waals surface area (Å²) in [5.41, 5.74) is 1.82. The standard InChI is InChI=1S/C59H91NO4/c1-3-5-7-9-11-13-15-17-18-19-20-21-23-25-27-29-31-42-50-57(62)58(63)60-55(56(61)49-41-30-28-26-24-22-16-14-12-10-8-6-4-2)51-64-59(52-43-35-32-36-44-52,53-45-37-33-38-46-53)54-47-39-34-40-48-54/h24,26,32-41,43-49,55-57,61-62H,3-23,25,27-31,42,50-51H2,1-2H3,(H,60,63)/b26-24+,49-41+/t55-,56+,57+/m0/s1. The summed E-state index contributed by atoms with van der Waals surface area (Å²) >= 11 is 0. The molecule has 0 bridgehead atoms. The van der Waals surface area contributed by atoms with E-state index < -0.39 is 29.8 Å². The van der Waals surface area contributed by atoms with Gasteiger partial charge in [-0.3, -0.25) is 4.79 Å². The summed E-state index contributed by atoms with van der Waals surface area (Å²) in [5, 5.41) is 25.8. The van der Waals surface area contributed by atoms with Gasteiger partial charge in [-0.1, -0.05) is 283 Å². The minimum Gasteiger partial charge on any atom is -0.387 e. The quantitative estimate of drug-likeness (QED) is 0.0302. The Labute approximate surface area is 392 Å². The van der Waals surface area contributed by atoms with Gasteiger partial charge >= 0.3 is 0 Å². The molecule has 0 saturated heterocycles. The lowest BCUT2D eigenvalue weighted by atomic mass is 9.80. The minimum atomic E-state index is -1.15. The summed E-state index contributed by atoms with van der Waals surface area (Å²) in [5.74, 6) is -0.467. The summed E-state index contributed by atoms with van der Waals surface area (Å²) in [4.78, 5) is 13.6. The van der Waals surface area contributed by atoms with Crippen LogP contribution in [0, 0.1) is 0 Å². The molecule has 0 aliphatic heterocycles. The van der Waals surface area contributed by atoms with Gasteiger partial charge < -0.3 is 20.3 Å². The number of hydrogen-bond acceptors (Lipinski definition) is 4. The van der Waals surface area contributed by atoms with Crippen molar-refractivity contribution in [3.8, 4) is 0 Å².